The molecular weight excluding hydrogens is 312 g/mol. The minimum atomic E-state index is -0.784. The first-order valence-corrected chi connectivity index (χ1v) is 6.80. The zero-order valence-corrected chi connectivity index (χ0v) is 11.9. The van der Waals surface area contributed by atoms with E-state index in [2.05, 4.69) is 5.16 Å². The predicted octanol–water partition coefficient (Wildman–Crippen LogP) is 4.43. The fourth-order valence-corrected chi connectivity index (χ4v) is 2.45. The van der Waals surface area contributed by atoms with Crippen LogP contribution in [0.4, 0.5) is 8.78 Å². The van der Waals surface area contributed by atoms with Crippen molar-refractivity contribution in [3.8, 4) is 22.6 Å². The van der Waals surface area contributed by atoms with Gasteiger partial charge in [0.25, 0.3) is 0 Å². The third-order valence-electron chi connectivity index (χ3n) is 3.26. The smallest absolute Gasteiger partial charge is 0.174 e. The summed E-state index contributed by atoms with van der Waals surface area (Å²) in [6, 6.07) is 10.3. The van der Waals surface area contributed by atoms with Crippen LogP contribution in [0.3, 0.4) is 0 Å². The van der Waals surface area contributed by atoms with E-state index in [0.29, 0.717) is 10.6 Å². The van der Waals surface area contributed by atoms with E-state index in [-0.39, 0.29) is 22.6 Å². The van der Waals surface area contributed by atoms with Crippen molar-refractivity contribution in [2.75, 3.05) is 0 Å². The number of benzene rings is 2. The number of hydrogen-bond acceptors (Lipinski definition) is 3. The molecule has 0 saturated heterocycles. The van der Waals surface area contributed by atoms with E-state index in [1.807, 2.05) is 0 Å². The lowest BCUT2D eigenvalue weighted by Crippen LogP contribution is -1.95. The lowest BCUT2D eigenvalue weighted by molar-refractivity contribution is 0.281. The van der Waals surface area contributed by atoms with E-state index < -0.39 is 18.2 Å². The monoisotopic (exact) mass is 321 g/mol. The lowest BCUT2D eigenvalue weighted by Gasteiger charge is -2.04. The molecule has 2 aromatic carbocycles. The molecule has 0 aliphatic carbocycles. The molecule has 0 bridgehead atoms. The van der Waals surface area contributed by atoms with Crippen LogP contribution in [-0.2, 0) is 6.61 Å². The van der Waals surface area contributed by atoms with Gasteiger partial charge in [0, 0.05) is 5.56 Å². The Labute approximate surface area is 129 Å². The maximum absolute atomic E-state index is 13.9. The average molecular weight is 322 g/mol. The molecule has 0 spiro atoms. The quantitative estimate of drug-likeness (QED) is 0.776. The summed E-state index contributed by atoms with van der Waals surface area (Å²) in [5.41, 5.74) is 0.252. The van der Waals surface area contributed by atoms with Gasteiger partial charge in [0.05, 0.1) is 22.8 Å². The van der Waals surface area contributed by atoms with Crippen LogP contribution in [0, 0.1) is 11.6 Å². The molecule has 3 nitrogen and oxygen atoms in total. The summed E-state index contributed by atoms with van der Waals surface area (Å²) >= 11 is 6.09. The van der Waals surface area contributed by atoms with Gasteiger partial charge in [-0.2, -0.15) is 0 Å². The molecule has 0 amide bonds. The van der Waals surface area contributed by atoms with Crippen molar-refractivity contribution < 1.29 is 18.4 Å². The van der Waals surface area contributed by atoms with E-state index >= 15 is 0 Å². The first-order valence-electron chi connectivity index (χ1n) is 6.42. The Hall–Kier alpha value is -2.24. The predicted molar refractivity (Wildman–Crippen MR) is 78.2 cm³/mol. The van der Waals surface area contributed by atoms with Crippen molar-refractivity contribution in [1.82, 2.24) is 5.16 Å². The topological polar surface area (TPSA) is 46.3 Å². The second-order valence-corrected chi connectivity index (χ2v) is 4.98. The van der Waals surface area contributed by atoms with Gasteiger partial charge in [-0.05, 0) is 24.3 Å². The molecule has 0 aliphatic heterocycles. The van der Waals surface area contributed by atoms with Gasteiger partial charge in [0.2, 0.25) is 0 Å². The van der Waals surface area contributed by atoms with Crippen LogP contribution in [0.1, 0.15) is 5.56 Å². The Morgan fingerprint density at radius 1 is 1.05 bits per heavy atom. The fourth-order valence-electron chi connectivity index (χ4n) is 2.23. The maximum atomic E-state index is 13.9. The molecule has 22 heavy (non-hydrogen) atoms. The van der Waals surface area contributed by atoms with Crippen molar-refractivity contribution in [2.24, 2.45) is 0 Å². The Balaban J connectivity index is 2.23. The van der Waals surface area contributed by atoms with Crippen LogP contribution < -0.4 is 0 Å². The number of rotatable bonds is 3. The van der Waals surface area contributed by atoms with Gasteiger partial charge in [0.15, 0.2) is 5.76 Å². The van der Waals surface area contributed by atoms with Crippen LogP contribution in [0.15, 0.2) is 47.0 Å². The third-order valence-corrected chi connectivity index (χ3v) is 3.59. The Morgan fingerprint density at radius 3 is 2.36 bits per heavy atom. The van der Waals surface area contributed by atoms with Crippen LogP contribution in [0.5, 0.6) is 0 Å². The van der Waals surface area contributed by atoms with E-state index in [9.17, 15) is 13.9 Å². The Bertz CT molecular complexity index is 813. The van der Waals surface area contributed by atoms with Crippen molar-refractivity contribution in [1.29, 1.82) is 0 Å². The maximum Gasteiger partial charge on any atom is 0.174 e. The van der Waals surface area contributed by atoms with E-state index in [0.717, 1.165) is 12.1 Å². The van der Waals surface area contributed by atoms with Crippen molar-refractivity contribution in [3.05, 3.63) is 64.7 Å². The average Bonchev–Trinajstić information content (AvgIpc) is 2.91. The van der Waals surface area contributed by atoms with E-state index in [1.54, 1.807) is 24.3 Å². The Kier molecular flexibility index (Phi) is 3.92. The highest BCUT2D eigenvalue weighted by Crippen LogP contribution is 2.37. The second kappa shape index (κ2) is 5.87. The minimum Gasteiger partial charge on any atom is -0.391 e. The van der Waals surface area contributed by atoms with Gasteiger partial charge in [-0.3, -0.25) is 0 Å². The van der Waals surface area contributed by atoms with E-state index in [1.165, 1.54) is 6.07 Å². The number of hydrogen-bond donors (Lipinski definition) is 1. The lowest BCUT2D eigenvalue weighted by atomic mass is 10.0. The zero-order valence-electron chi connectivity index (χ0n) is 11.2. The standard InChI is InChI=1S/C16H10ClF2NO2/c17-11-5-2-1-4-9(11)16-10(8-21)15(20-22-16)14-12(18)6-3-7-13(14)19/h1-7,21H,8H2. The zero-order chi connectivity index (χ0) is 15.7. The van der Waals surface area contributed by atoms with Crippen LogP contribution in [0.2, 0.25) is 5.02 Å². The molecule has 1 N–H and O–H groups in total. The summed E-state index contributed by atoms with van der Waals surface area (Å²) in [5, 5.41) is 13.7. The third kappa shape index (κ3) is 2.38. The molecule has 112 valence electrons. The fraction of sp³-hybridized carbons (Fsp3) is 0.0625. The summed E-state index contributed by atoms with van der Waals surface area (Å²) in [6.07, 6.45) is 0. The largest absolute Gasteiger partial charge is 0.391 e. The van der Waals surface area contributed by atoms with Gasteiger partial charge < -0.3 is 9.63 Å². The van der Waals surface area contributed by atoms with Crippen molar-refractivity contribution in [2.45, 2.75) is 6.61 Å². The molecule has 1 aromatic heterocycles. The molecule has 0 atom stereocenters. The number of nitrogens with zero attached hydrogens (tertiary/aromatic N) is 1. The Morgan fingerprint density at radius 2 is 1.73 bits per heavy atom. The highest BCUT2D eigenvalue weighted by Gasteiger charge is 2.24. The van der Waals surface area contributed by atoms with E-state index in [4.69, 9.17) is 16.1 Å². The summed E-state index contributed by atoms with van der Waals surface area (Å²) in [5.74, 6) is -1.38. The summed E-state index contributed by atoms with van der Waals surface area (Å²) in [7, 11) is 0. The first kappa shape index (κ1) is 14.7. The summed E-state index contributed by atoms with van der Waals surface area (Å²) < 4.78 is 33.0. The van der Waals surface area contributed by atoms with Gasteiger partial charge in [-0.15, -0.1) is 0 Å². The number of aliphatic hydroxyl groups excluding tert-OH is 1. The highest BCUT2D eigenvalue weighted by atomic mass is 35.5. The minimum absolute atomic E-state index is 0.0759. The molecule has 0 fully saturated rings. The summed E-state index contributed by atoms with van der Waals surface area (Å²) in [4.78, 5) is 0. The molecule has 6 heteroatoms. The normalized spacial score (nSPS) is 10.9. The molecule has 1 heterocycles. The van der Waals surface area contributed by atoms with Gasteiger partial charge >= 0.3 is 0 Å². The molecule has 0 aliphatic rings. The molecule has 0 radical (unpaired) electrons. The highest BCUT2D eigenvalue weighted by molar-refractivity contribution is 6.33. The first-order chi connectivity index (χ1) is 10.6. The SMILES string of the molecule is OCc1c(-c2c(F)cccc2F)noc1-c1ccccc1Cl. The van der Waals surface area contributed by atoms with Crippen LogP contribution in [0.25, 0.3) is 22.6 Å². The van der Waals surface area contributed by atoms with Gasteiger partial charge in [0.1, 0.15) is 17.3 Å². The molecule has 3 aromatic rings. The molecular formula is C16H10ClF2NO2. The number of aromatic nitrogens is 1. The van der Waals surface area contributed by atoms with Crippen molar-refractivity contribution in [3.63, 3.8) is 0 Å². The molecule has 0 saturated carbocycles. The molecule has 0 unspecified atom stereocenters. The summed E-state index contributed by atoms with van der Waals surface area (Å²) in [6.45, 7) is -0.493. The van der Waals surface area contributed by atoms with Crippen LogP contribution >= 0.6 is 11.6 Å². The number of aliphatic hydroxyl groups is 1. The van der Waals surface area contributed by atoms with Crippen LogP contribution in [-0.4, -0.2) is 10.3 Å². The number of halogens is 3. The van der Waals surface area contributed by atoms with Gasteiger partial charge in [-0.1, -0.05) is 35.0 Å². The van der Waals surface area contributed by atoms with Crippen molar-refractivity contribution >= 4 is 11.6 Å². The second-order valence-electron chi connectivity index (χ2n) is 4.57. The van der Waals surface area contributed by atoms with Gasteiger partial charge in [-0.25, -0.2) is 8.78 Å². The molecule has 3 rings (SSSR count).